The molecule has 1 unspecified atom stereocenters. The second kappa shape index (κ2) is 11.4. The van der Waals surface area contributed by atoms with Crippen molar-refractivity contribution in [3.05, 3.63) is 0 Å². The van der Waals surface area contributed by atoms with Gasteiger partial charge in [-0.15, -0.1) is 0 Å². The number of hydrogen-bond donors (Lipinski definition) is 3. The first-order valence-corrected chi connectivity index (χ1v) is 10.9. The molecule has 3 atom stereocenters. The Bertz CT molecular complexity index is 505. The monoisotopic (exact) mass is 379 g/mol. The van der Waals surface area contributed by atoms with Crippen molar-refractivity contribution in [3.8, 4) is 0 Å². The van der Waals surface area contributed by atoms with Crippen molar-refractivity contribution in [2.75, 3.05) is 6.54 Å². The summed E-state index contributed by atoms with van der Waals surface area (Å²) in [5.41, 5.74) is 0. The van der Waals surface area contributed by atoms with Crippen LogP contribution in [0.15, 0.2) is 0 Å². The van der Waals surface area contributed by atoms with Gasteiger partial charge in [0.15, 0.2) is 0 Å². The van der Waals surface area contributed by atoms with Gasteiger partial charge in [-0.2, -0.15) is 0 Å². The summed E-state index contributed by atoms with van der Waals surface area (Å²) < 4.78 is 0. The molecule has 27 heavy (non-hydrogen) atoms. The number of carbonyl (C=O) groups is 3. The third-order valence-corrected chi connectivity index (χ3v) is 5.53. The summed E-state index contributed by atoms with van der Waals surface area (Å²) in [4.78, 5) is 37.3. The SMILES string of the molecule is CCCCCCCCC[C@H](NC(=O)C1C[C@@H](C)CN1)C(=O)C(=O)NC1CC1. The standard InChI is InChI=1S/C21H37N3O3/c1-3-4-5-6-7-8-9-10-17(19(25)21(27)23-16-11-12-16)24-20(26)18-13-15(2)14-22-18/h15-18,22H,3-14H2,1-2H3,(H,23,27)(H,24,26)/t15-,17+,18?/m1/s1. The molecule has 0 bridgehead atoms. The second-order valence-corrected chi connectivity index (χ2v) is 8.38. The molecule has 2 amide bonds. The fourth-order valence-corrected chi connectivity index (χ4v) is 3.60. The number of Topliss-reactive ketones (excluding diaryl/α,β-unsaturated/α-hetero) is 1. The minimum Gasteiger partial charge on any atom is -0.347 e. The molecule has 2 fully saturated rings. The Kier molecular flexibility index (Phi) is 9.25. The largest absolute Gasteiger partial charge is 0.347 e. The smallest absolute Gasteiger partial charge is 0.289 e. The zero-order valence-corrected chi connectivity index (χ0v) is 17.0. The molecule has 0 aromatic heterocycles. The van der Waals surface area contributed by atoms with Gasteiger partial charge in [0.1, 0.15) is 0 Å². The van der Waals surface area contributed by atoms with Crippen LogP contribution in [0.3, 0.4) is 0 Å². The molecule has 0 aromatic rings. The van der Waals surface area contributed by atoms with Gasteiger partial charge in [0.25, 0.3) is 5.91 Å². The van der Waals surface area contributed by atoms with E-state index in [1.54, 1.807) is 0 Å². The van der Waals surface area contributed by atoms with Gasteiger partial charge in [0.05, 0.1) is 12.1 Å². The van der Waals surface area contributed by atoms with E-state index < -0.39 is 17.7 Å². The highest BCUT2D eigenvalue weighted by molar-refractivity contribution is 6.38. The van der Waals surface area contributed by atoms with Crippen LogP contribution in [-0.2, 0) is 14.4 Å². The molecule has 154 valence electrons. The molecule has 1 aliphatic carbocycles. The van der Waals surface area contributed by atoms with Crippen LogP contribution < -0.4 is 16.0 Å². The Hall–Kier alpha value is -1.43. The number of rotatable bonds is 13. The zero-order chi connectivity index (χ0) is 19.6. The normalized spacial score (nSPS) is 23.0. The van der Waals surface area contributed by atoms with Crippen LogP contribution in [-0.4, -0.2) is 42.3 Å². The van der Waals surface area contributed by atoms with Crippen LogP contribution >= 0.6 is 0 Å². The van der Waals surface area contributed by atoms with Gasteiger partial charge in [0, 0.05) is 6.04 Å². The van der Waals surface area contributed by atoms with Crippen LogP contribution in [0.1, 0.15) is 84.5 Å². The summed E-state index contributed by atoms with van der Waals surface area (Å²) in [7, 11) is 0. The maximum absolute atomic E-state index is 12.6. The Labute approximate surface area is 163 Å². The van der Waals surface area contributed by atoms with Gasteiger partial charge in [-0.3, -0.25) is 14.4 Å². The Morgan fingerprint density at radius 3 is 2.30 bits per heavy atom. The molecular weight excluding hydrogens is 342 g/mol. The predicted molar refractivity (Wildman–Crippen MR) is 106 cm³/mol. The van der Waals surface area contributed by atoms with E-state index in [0.717, 1.165) is 45.1 Å². The van der Waals surface area contributed by atoms with Gasteiger partial charge < -0.3 is 16.0 Å². The van der Waals surface area contributed by atoms with E-state index in [9.17, 15) is 14.4 Å². The first-order valence-electron chi connectivity index (χ1n) is 10.9. The number of amides is 2. The fraction of sp³-hybridized carbons (Fsp3) is 0.857. The number of unbranched alkanes of at least 4 members (excludes halogenated alkanes) is 6. The van der Waals surface area contributed by atoms with Crippen molar-refractivity contribution in [2.24, 2.45) is 5.92 Å². The van der Waals surface area contributed by atoms with Crippen molar-refractivity contribution in [1.82, 2.24) is 16.0 Å². The number of ketones is 1. The maximum Gasteiger partial charge on any atom is 0.289 e. The lowest BCUT2D eigenvalue weighted by atomic mass is 10.0. The van der Waals surface area contributed by atoms with Crippen LogP contribution in [0.5, 0.6) is 0 Å². The van der Waals surface area contributed by atoms with E-state index in [4.69, 9.17) is 0 Å². The van der Waals surface area contributed by atoms with Crippen molar-refractivity contribution in [3.63, 3.8) is 0 Å². The lowest BCUT2D eigenvalue weighted by Crippen LogP contribution is -2.52. The molecule has 3 N–H and O–H groups in total. The minimum absolute atomic E-state index is 0.147. The minimum atomic E-state index is -0.704. The quantitative estimate of drug-likeness (QED) is 0.339. The molecule has 6 nitrogen and oxygen atoms in total. The predicted octanol–water partition coefficient (Wildman–Crippen LogP) is 2.46. The summed E-state index contributed by atoms with van der Waals surface area (Å²) >= 11 is 0. The molecule has 6 heteroatoms. The third-order valence-electron chi connectivity index (χ3n) is 5.53. The lowest BCUT2D eigenvalue weighted by Gasteiger charge is -2.20. The Morgan fingerprint density at radius 2 is 1.70 bits per heavy atom. The van der Waals surface area contributed by atoms with Crippen LogP contribution in [0, 0.1) is 5.92 Å². The highest BCUT2D eigenvalue weighted by Crippen LogP contribution is 2.19. The second-order valence-electron chi connectivity index (χ2n) is 8.38. The molecule has 0 radical (unpaired) electrons. The third kappa shape index (κ3) is 7.99. The van der Waals surface area contributed by atoms with Gasteiger partial charge in [0.2, 0.25) is 11.7 Å². The summed E-state index contributed by atoms with van der Waals surface area (Å²) in [5.74, 6) is -0.734. The highest BCUT2D eigenvalue weighted by Gasteiger charge is 2.33. The highest BCUT2D eigenvalue weighted by atomic mass is 16.2. The fourth-order valence-electron chi connectivity index (χ4n) is 3.60. The average molecular weight is 380 g/mol. The molecule has 1 saturated carbocycles. The first-order chi connectivity index (χ1) is 13.0. The maximum atomic E-state index is 12.6. The van der Waals surface area contributed by atoms with Crippen LogP contribution in [0.4, 0.5) is 0 Å². The Balaban J connectivity index is 1.80. The summed E-state index contributed by atoms with van der Waals surface area (Å²) in [6.07, 6.45) is 11.2. The molecule has 2 rings (SSSR count). The summed E-state index contributed by atoms with van der Waals surface area (Å²) in [5, 5.41) is 8.80. The summed E-state index contributed by atoms with van der Waals surface area (Å²) in [6.45, 7) is 5.12. The van der Waals surface area contributed by atoms with Gasteiger partial charge in [-0.25, -0.2) is 0 Å². The number of carbonyl (C=O) groups excluding carboxylic acids is 3. The topological polar surface area (TPSA) is 87.3 Å². The van der Waals surface area contributed by atoms with E-state index in [1.165, 1.54) is 25.7 Å². The number of hydrogen-bond acceptors (Lipinski definition) is 4. The number of nitrogens with one attached hydrogen (secondary N) is 3. The van der Waals surface area contributed by atoms with E-state index in [1.807, 2.05) is 0 Å². The van der Waals surface area contributed by atoms with Crippen molar-refractivity contribution >= 4 is 17.6 Å². The molecule has 2 aliphatic rings. The van der Waals surface area contributed by atoms with Crippen molar-refractivity contribution in [1.29, 1.82) is 0 Å². The molecule has 1 aliphatic heterocycles. The lowest BCUT2D eigenvalue weighted by molar-refractivity contribution is -0.140. The Morgan fingerprint density at radius 1 is 1.04 bits per heavy atom. The molecule has 0 aromatic carbocycles. The molecule has 0 spiro atoms. The van der Waals surface area contributed by atoms with Gasteiger partial charge >= 0.3 is 0 Å². The van der Waals surface area contributed by atoms with Crippen molar-refractivity contribution < 1.29 is 14.4 Å². The average Bonchev–Trinajstić information content (AvgIpc) is 3.36. The van der Waals surface area contributed by atoms with Gasteiger partial charge in [-0.05, 0) is 38.1 Å². The molecular formula is C21H37N3O3. The molecule has 1 heterocycles. The van der Waals surface area contributed by atoms with Crippen LogP contribution in [0.2, 0.25) is 0 Å². The van der Waals surface area contributed by atoms with Crippen LogP contribution in [0.25, 0.3) is 0 Å². The molecule has 1 saturated heterocycles. The van der Waals surface area contributed by atoms with E-state index in [2.05, 4.69) is 29.8 Å². The zero-order valence-electron chi connectivity index (χ0n) is 17.0. The first kappa shape index (κ1) is 21.9. The van der Waals surface area contributed by atoms with E-state index in [-0.39, 0.29) is 18.0 Å². The van der Waals surface area contributed by atoms with Crippen molar-refractivity contribution in [2.45, 2.75) is 103 Å². The van der Waals surface area contributed by atoms with Gasteiger partial charge in [-0.1, -0.05) is 58.8 Å². The van der Waals surface area contributed by atoms with E-state index >= 15 is 0 Å². The summed E-state index contributed by atoms with van der Waals surface area (Å²) in [6, 6.07) is -0.811. The van der Waals surface area contributed by atoms with E-state index in [0.29, 0.717) is 12.3 Å².